The van der Waals surface area contributed by atoms with Crippen LogP contribution in [0, 0.1) is 5.82 Å². The number of nitrogens with zero attached hydrogens (tertiary/aromatic N) is 1. The molecule has 1 aliphatic rings. The van der Waals surface area contributed by atoms with E-state index in [1.807, 2.05) is 0 Å². The number of benzene rings is 2. The molecule has 1 fully saturated rings. The van der Waals surface area contributed by atoms with E-state index in [0.29, 0.717) is 16.1 Å². The summed E-state index contributed by atoms with van der Waals surface area (Å²) >= 11 is 6.30. The van der Waals surface area contributed by atoms with Gasteiger partial charge in [0.05, 0.1) is 10.9 Å². The van der Waals surface area contributed by atoms with E-state index in [0.717, 1.165) is 25.9 Å². The van der Waals surface area contributed by atoms with Gasteiger partial charge in [-0.2, -0.15) is 0 Å². The van der Waals surface area contributed by atoms with Crippen molar-refractivity contribution in [1.82, 2.24) is 14.9 Å². The van der Waals surface area contributed by atoms with Crippen molar-refractivity contribution in [3.63, 3.8) is 0 Å². The van der Waals surface area contributed by atoms with Gasteiger partial charge in [0.1, 0.15) is 5.82 Å². The molecule has 1 amide bonds. The summed E-state index contributed by atoms with van der Waals surface area (Å²) in [5, 5.41) is 3.18. The molecule has 1 heterocycles. The number of rotatable bonds is 7. The van der Waals surface area contributed by atoms with Crippen LogP contribution in [0.4, 0.5) is 4.39 Å². The fourth-order valence-electron chi connectivity index (χ4n) is 3.83. The largest absolute Gasteiger partial charge is 0.350 e. The van der Waals surface area contributed by atoms with Crippen LogP contribution in [0.5, 0.6) is 0 Å². The van der Waals surface area contributed by atoms with Crippen LogP contribution in [0.3, 0.4) is 0 Å². The van der Waals surface area contributed by atoms with Crippen molar-refractivity contribution in [2.24, 2.45) is 0 Å². The first-order chi connectivity index (χ1) is 15.0. The molecule has 0 aliphatic carbocycles. The normalized spacial score (nSPS) is 16.2. The maximum atomic E-state index is 14.6. The Balaban J connectivity index is 1.74. The molecule has 2 N–H and O–H groups in total. The summed E-state index contributed by atoms with van der Waals surface area (Å²) in [5.74, 6) is -0.765. The van der Waals surface area contributed by atoms with Crippen molar-refractivity contribution < 1.29 is 17.6 Å². The second kappa shape index (κ2) is 9.87. The number of carbonyl (C=O) groups excluding carboxylic acids is 1. The first-order valence-corrected chi connectivity index (χ1v) is 12.4. The Labute approximate surface area is 194 Å². The van der Waals surface area contributed by atoms with Gasteiger partial charge in [0, 0.05) is 28.2 Å². The average Bonchev–Trinajstić information content (AvgIpc) is 3.23. The summed E-state index contributed by atoms with van der Waals surface area (Å²) in [7, 11) is -3.69. The maximum absolute atomic E-state index is 14.6. The molecule has 1 saturated heterocycles. The summed E-state index contributed by atoms with van der Waals surface area (Å²) in [6, 6.07) is 9.92. The molecule has 1 aliphatic heterocycles. The fraction of sp³-hybridized carbons (Fsp3) is 0.435. The number of nitrogens with one attached hydrogen (secondary N) is 2. The molecule has 2 aromatic rings. The van der Waals surface area contributed by atoms with Gasteiger partial charge < -0.3 is 5.32 Å². The van der Waals surface area contributed by atoms with Gasteiger partial charge in [-0.3, -0.25) is 9.69 Å². The summed E-state index contributed by atoms with van der Waals surface area (Å²) in [5.41, 5.74) is 0.0820. The van der Waals surface area contributed by atoms with E-state index in [1.165, 1.54) is 30.3 Å². The standard InChI is InChI=1S/C23H29ClFN3O3S/c1-23(2,3)27-32(30,31)17-11-9-16(10-12-17)22(29)26-15-20(28-13-4-5-14-28)21-18(24)7-6-8-19(21)25/h6-12,20,27H,4-5,13-15H2,1-3H3,(H,26,29). The van der Waals surface area contributed by atoms with Crippen LogP contribution in [0.15, 0.2) is 47.4 Å². The molecule has 174 valence electrons. The SMILES string of the molecule is CC(C)(C)NS(=O)(=O)c1ccc(C(=O)NCC(c2c(F)cccc2Cl)N2CCCC2)cc1. The van der Waals surface area contributed by atoms with E-state index in [-0.39, 0.29) is 23.4 Å². The molecule has 0 aromatic heterocycles. The van der Waals surface area contributed by atoms with Gasteiger partial charge >= 0.3 is 0 Å². The van der Waals surface area contributed by atoms with Crippen LogP contribution in [-0.4, -0.2) is 44.4 Å². The van der Waals surface area contributed by atoms with Gasteiger partial charge in [0.2, 0.25) is 10.0 Å². The minimum atomic E-state index is -3.69. The van der Waals surface area contributed by atoms with Crippen molar-refractivity contribution in [3.8, 4) is 0 Å². The van der Waals surface area contributed by atoms with Crippen LogP contribution in [0.25, 0.3) is 0 Å². The van der Waals surface area contributed by atoms with E-state index < -0.39 is 21.4 Å². The Morgan fingerprint density at radius 3 is 2.31 bits per heavy atom. The van der Waals surface area contributed by atoms with Crippen molar-refractivity contribution >= 4 is 27.5 Å². The zero-order valence-electron chi connectivity index (χ0n) is 18.5. The van der Waals surface area contributed by atoms with E-state index in [9.17, 15) is 17.6 Å². The molecule has 1 unspecified atom stereocenters. The summed E-state index contributed by atoms with van der Waals surface area (Å²) < 4.78 is 42.1. The first-order valence-electron chi connectivity index (χ1n) is 10.6. The molecule has 0 radical (unpaired) electrons. The molecule has 2 aromatic carbocycles. The number of sulfonamides is 1. The predicted octanol–water partition coefficient (Wildman–Crippen LogP) is 4.12. The maximum Gasteiger partial charge on any atom is 0.251 e. The molecule has 32 heavy (non-hydrogen) atoms. The van der Waals surface area contributed by atoms with E-state index in [2.05, 4.69) is 14.9 Å². The third-order valence-electron chi connectivity index (χ3n) is 5.24. The highest BCUT2D eigenvalue weighted by atomic mass is 35.5. The quantitative estimate of drug-likeness (QED) is 0.623. The summed E-state index contributed by atoms with van der Waals surface area (Å²) in [6.07, 6.45) is 2.02. The van der Waals surface area contributed by atoms with Crippen LogP contribution in [0.2, 0.25) is 5.02 Å². The predicted molar refractivity (Wildman–Crippen MR) is 124 cm³/mol. The van der Waals surface area contributed by atoms with Crippen LogP contribution in [0.1, 0.15) is 55.6 Å². The zero-order chi connectivity index (χ0) is 23.5. The lowest BCUT2D eigenvalue weighted by Gasteiger charge is -2.29. The Morgan fingerprint density at radius 1 is 1.12 bits per heavy atom. The second-order valence-electron chi connectivity index (χ2n) is 8.98. The molecule has 0 bridgehead atoms. The summed E-state index contributed by atoms with van der Waals surface area (Å²) in [4.78, 5) is 14.9. The highest BCUT2D eigenvalue weighted by Gasteiger charge is 2.28. The van der Waals surface area contributed by atoms with E-state index in [1.54, 1.807) is 32.9 Å². The van der Waals surface area contributed by atoms with Crippen molar-refractivity contribution in [2.75, 3.05) is 19.6 Å². The molecular weight excluding hydrogens is 453 g/mol. The number of hydrogen-bond donors (Lipinski definition) is 2. The van der Waals surface area contributed by atoms with Gasteiger partial charge in [0.25, 0.3) is 5.91 Å². The van der Waals surface area contributed by atoms with Gasteiger partial charge in [-0.05, 0) is 83.1 Å². The monoisotopic (exact) mass is 481 g/mol. The Hall–Kier alpha value is -2.00. The Bertz CT molecular complexity index is 1040. The van der Waals surface area contributed by atoms with Crippen LogP contribution >= 0.6 is 11.6 Å². The number of amides is 1. The lowest BCUT2D eigenvalue weighted by molar-refractivity contribution is 0.0937. The molecule has 6 nitrogen and oxygen atoms in total. The van der Waals surface area contributed by atoms with Gasteiger partial charge in [-0.15, -0.1) is 0 Å². The first kappa shape index (κ1) is 24.6. The third kappa shape index (κ3) is 6.07. The number of hydrogen-bond acceptors (Lipinski definition) is 4. The molecule has 1 atom stereocenters. The van der Waals surface area contributed by atoms with Gasteiger partial charge in [-0.1, -0.05) is 17.7 Å². The lowest BCUT2D eigenvalue weighted by Crippen LogP contribution is -2.40. The zero-order valence-corrected chi connectivity index (χ0v) is 20.1. The van der Waals surface area contributed by atoms with Crippen molar-refractivity contribution in [1.29, 1.82) is 0 Å². The molecular formula is C23H29ClFN3O3S. The summed E-state index contributed by atoms with van der Waals surface area (Å²) in [6.45, 7) is 7.06. The van der Waals surface area contributed by atoms with E-state index >= 15 is 0 Å². The van der Waals surface area contributed by atoms with Gasteiger partial charge in [-0.25, -0.2) is 17.5 Å². The molecule has 0 saturated carbocycles. The van der Waals surface area contributed by atoms with Crippen molar-refractivity contribution in [3.05, 3.63) is 64.4 Å². The average molecular weight is 482 g/mol. The minimum Gasteiger partial charge on any atom is -0.350 e. The lowest BCUT2D eigenvalue weighted by atomic mass is 10.0. The highest BCUT2D eigenvalue weighted by molar-refractivity contribution is 7.89. The van der Waals surface area contributed by atoms with Crippen LogP contribution in [-0.2, 0) is 10.0 Å². The Kier molecular flexibility index (Phi) is 7.60. The molecule has 0 spiro atoms. The second-order valence-corrected chi connectivity index (χ2v) is 11.1. The fourth-order valence-corrected chi connectivity index (χ4v) is 5.54. The number of likely N-dealkylation sites (tertiary alicyclic amines) is 1. The van der Waals surface area contributed by atoms with E-state index in [4.69, 9.17) is 11.6 Å². The topological polar surface area (TPSA) is 78.5 Å². The smallest absolute Gasteiger partial charge is 0.251 e. The minimum absolute atomic E-state index is 0.0806. The Morgan fingerprint density at radius 2 is 1.75 bits per heavy atom. The molecule has 3 rings (SSSR count). The number of halogens is 2. The molecule has 9 heteroatoms. The van der Waals surface area contributed by atoms with Crippen molar-refractivity contribution in [2.45, 2.75) is 50.1 Å². The van der Waals surface area contributed by atoms with Gasteiger partial charge in [0.15, 0.2) is 0 Å². The van der Waals surface area contributed by atoms with Crippen LogP contribution < -0.4 is 10.0 Å². The highest BCUT2D eigenvalue weighted by Crippen LogP contribution is 2.32. The third-order valence-corrected chi connectivity index (χ3v) is 7.34. The number of carbonyl (C=O) groups is 1.